The molecule has 0 saturated heterocycles. The molecule has 6 rings (SSSR count). The number of fused-ring (bicyclic) bond motifs is 1. The van der Waals surface area contributed by atoms with E-state index in [-0.39, 0.29) is 17.0 Å². The van der Waals surface area contributed by atoms with Crippen LogP contribution in [0.25, 0.3) is 11.8 Å². The predicted octanol–water partition coefficient (Wildman–Crippen LogP) is 5.38. The third kappa shape index (κ3) is 5.70. The number of para-hydroxylation sites is 1. The van der Waals surface area contributed by atoms with Crippen LogP contribution in [0.3, 0.4) is 0 Å². The van der Waals surface area contributed by atoms with Crippen molar-refractivity contribution < 1.29 is 19.4 Å². The molecular formula is C36H32N4O5S. The van der Waals surface area contributed by atoms with Crippen LogP contribution in [0.5, 0.6) is 5.75 Å². The molecule has 0 aliphatic carbocycles. The Balaban J connectivity index is 1.48. The average Bonchev–Trinajstić information content (AvgIpc) is 3.50. The van der Waals surface area contributed by atoms with E-state index >= 15 is 0 Å². The fourth-order valence-electron chi connectivity index (χ4n) is 5.81. The molecule has 3 aromatic carbocycles. The van der Waals surface area contributed by atoms with Crippen LogP contribution in [0.1, 0.15) is 52.8 Å². The van der Waals surface area contributed by atoms with Gasteiger partial charge in [-0.05, 0) is 93.4 Å². The number of anilines is 1. The fourth-order valence-corrected chi connectivity index (χ4v) is 6.85. The van der Waals surface area contributed by atoms with Crippen molar-refractivity contribution in [3.8, 4) is 11.4 Å². The number of aromatic nitrogens is 2. The summed E-state index contributed by atoms with van der Waals surface area (Å²) in [6, 6.07) is 24.6. The number of carbonyl (C=O) groups is 2. The summed E-state index contributed by atoms with van der Waals surface area (Å²) in [5, 5.41) is 12.5. The third-order valence-corrected chi connectivity index (χ3v) is 8.90. The largest absolute Gasteiger partial charge is 0.494 e. The Morgan fingerprint density at radius 3 is 2.43 bits per heavy atom. The number of carbonyl (C=O) groups excluding carboxylic acids is 1. The number of allylic oxidation sites excluding steroid dienone is 1. The minimum atomic E-state index is -1.00. The van der Waals surface area contributed by atoms with Gasteiger partial charge < -0.3 is 19.7 Å². The zero-order valence-electron chi connectivity index (χ0n) is 25.8. The molecule has 46 heavy (non-hydrogen) atoms. The van der Waals surface area contributed by atoms with Gasteiger partial charge in [0.2, 0.25) is 0 Å². The van der Waals surface area contributed by atoms with Gasteiger partial charge in [0, 0.05) is 22.8 Å². The van der Waals surface area contributed by atoms with Gasteiger partial charge in [-0.2, -0.15) is 0 Å². The monoisotopic (exact) mass is 632 g/mol. The zero-order valence-corrected chi connectivity index (χ0v) is 26.6. The number of aromatic carboxylic acids is 1. The minimum absolute atomic E-state index is 0.191. The molecule has 1 aliphatic rings. The molecule has 0 fully saturated rings. The number of aryl methyl sites for hydroxylation is 1. The Hall–Kier alpha value is -5.48. The number of amides is 1. The van der Waals surface area contributed by atoms with Crippen molar-refractivity contribution in [2.24, 2.45) is 4.99 Å². The van der Waals surface area contributed by atoms with Gasteiger partial charge in [0.15, 0.2) is 4.80 Å². The summed E-state index contributed by atoms with van der Waals surface area (Å²) in [7, 11) is 0. The summed E-state index contributed by atoms with van der Waals surface area (Å²) < 4.78 is 9.67. The number of carboxylic acids is 1. The highest BCUT2D eigenvalue weighted by Gasteiger charge is 2.32. The van der Waals surface area contributed by atoms with Crippen molar-refractivity contribution >= 4 is 35.0 Å². The Bertz CT molecular complexity index is 2190. The number of rotatable bonds is 8. The quantitative estimate of drug-likeness (QED) is 0.239. The van der Waals surface area contributed by atoms with E-state index in [2.05, 4.69) is 5.32 Å². The SMILES string of the molecule is CCOc1ccc([C@@H]2C(C(=O)Nc3ccccc3)=C(C)N=c3s/c(=C\c4cc(C)n(-c5cccc(C(=O)O)c5)c4C)c(=O)n32)cc1. The van der Waals surface area contributed by atoms with Crippen molar-refractivity contribution in [3.63, 3.8) is 0 Å². The molecule has 0 saturated carbocycles. The molecular weight excluding hydrogens is 600 g/mol. The smallest absolute Gasteiger partial charge is 0.335 e. The first-order chi connectivity index (χ1) is 22.2. The van der Waals surface area contributed by atoms with Crippen molar-refractivity contribution in [1.82, 2.24) is 9.13 Å². The second-order valence-corrected chi connectivity index (χ2v) is 11.9. The number of thiazole rings is 1. The van der Waals surface area contributed by atoms with E-state index in [1.807, 2.05) is 98.1 Å². The molecule has 0 unspecified atom stereocenters. The van der Waals surface area contributed by atoms with Crippen LogP contribution in [0.4, 0.5) is 5.69 Å². The van der Waals surface area contributed by atoms with Gasteiger partial charge in [0.1, 0.15) is 5.75 Å². The highest BCUT2D eigenvalue weighted by molar-refractivity contribution is 7.07. The van der Waals surface area contributed by atoms with Crippen molar-refractivity contribution in [3.05, 3.63) is 144 Å². The number of carboxylic acid groups (broad SMARTS) is 1. The molecule has 1 aliphatic heterocycles. The van der Waals surface area contributed by atoms with E-state index < -0.39 is 12.0 Å². The highest BCUT2D eigenvalue weighted by Crippen LogP contribution is 2.32. The summed E-state index contributed by atoms with van der Waals surface area (Å²) in [5.74, 6) is -0.647. The van der Waals surface area contributed by atoms with Gasteiger partial charge in [-0.3, -0.25) is 14.2 Å². The Labute approximate surface area is 269 Å². The summed E-state index contributed by atoms with van der Waals surface area (Å²) in [4.78, 5) is 44.9. The predicted molar refractivity (Wildman–Crippen MR) is 179 cm³/mol. The molecule has 10 heteroatoms. The van der Waals surface area contributed by atoms with Gasteiger partial charge in [-0.15, -0.1) is 0 Å². The van der Waals surface area contributed by atoms with E-state index in [0.29, 0.717) is 38.6 Å². The van der Waals surface area contributed by atoms with Gasteiger partial charge in [-0.1, -0.05) is 47.7 Å². The normalized spacial score (nSPS) is 14.5. The lowest BCUT2D eigenvalue weighted by molar-refractivity contribution is -0.113. The number of benzene rings is 3. The van der Waals surface area contributed by atoms with Crippen LogP contribution < -0.4 is 24.9 Å². The minimum Gasteiger partial charge on any atom is -0.494 e. The van der Waals surface area contributed by atoms with E-state index in [1.54, 1.807) is 29.7 Å². The zero-order chi connectivity index (χ0) is 32.5. The van der Waals surface area contributed by atoms with Gasteiger partial charge in [0.25, 0.3) is 11.5 Å². The lowest BCUT2D eigenvalue weighted by Gasteiger charge is -2.25. The van der Waals surface area contributed by atoms with E-state index in [0.717, 1.165) is 28.2 Å². The van der Waals surface area contributed by atoms with Crippen molar-refractivity contribution in [1.29, 1.82) is 0 Å². The summed E-state index contributed by atoms with van der Waals surface area (Å²) >= 11 is 1.26. The third-order valence-electron chi connectivity index (χ3n) is 7.91. The second-order valence-electron chi connectivity index (χ2n) is 10.9. The molecule has 5 aromatic rings. The van der Waals surface area contributed by atoms with Gasteiger partial charge in [0.05, 0.1) is 34.0 Å². The summed E-state index contributed by atoms with van der Waals surface area (Å²) in [6.45, 7) is 8.09. The first-order valence-electron chi connectivity index (χ1n) is 14.8. The molecule has 0 bridgehead atoms. The van der Waals surface area contributed by atoms with Gasteiger partial charge >= 0.3 is 5.97 Å². The maximum absolute atomic E-state index is 14.2. The molecule has 232 valence electrons. The van der Waals surface area contributed by atoms with Crippen LogP contribution in [0.15, 0.2) is 106 Å². The molecule has 0 spiro atoms. The van der Waals surface area contributed by atoms with Crippen LogP contribution in [0.2, 0.25) is 0 Å². The summed E-state index contributed by atoms with van der Waals surface area (Å²) in [6.07, 6.45) is 1.84. The molecule has 3 heterocycles. The van der Waals surface area contributed by atoms with E-state index in [4.69, 9.17) is 9.73 Å². The Kier molecular flexibility index (Phi) is 8.29. The average molecular weight is 633 g/mol. The first kappa shape index (κ1) is 30.5. The lowest BCUT2D eigenvalue weighted by Crippen LogP contribution is -2.40. The lowest BCUT2D eigenvalue weighted by atomic mass is 9.95. The first-order valence-corrected chi connectivity index (χ1v) is 15.6. The topological polar surface area (TPSA) is 115 Å². The standard InChI is InChI=1S/C36H32N4O5S/c1-5-45-29-16-14-24(15-17-29)32-31(33(41)38-27-11-7-6-8-12-27)22(3)37-36-40(32)34(42)30(46-36)20-26-18-21(2)39(23(26)4)28-13-9-10-25(19-28)35(43)44/h6-20,32H,5H2,1-4H3,(H,38,41)(H,43,44)/b30-20-/t32-/m1/s1. The Morgan fingerprint density at radius 2 is 1.74 bits per heavy atom. The van der Waals surface area contributed by atoms with Crippen LogP contribution in [-0.2, 0) is 4.79 Å². The second kappa shape index (κ2) is 12.5. The molecule has 1 atom stereocenters. The number of nitrogens with one attached hydrogen (secondary N) is 1. The molecule has 1 amide bonds. The number of nitrogens with zero attached hydrogens (tertiary/aromatic N) is 3. The fraction of sp³-hybridized carbons (Fsp3) is 0.167. The maximum Gasteiger partial charge on any atom is 0.335 e. The molecule has 0 radical (unpaired) electrons. The molecule has 2 aromatic heterocycles. The number of hydrogen-bond acceptors (Lipinski definition) is 6. The molecule has 2 N–H and O–H groups in total. The van der Waals surface area contributed by atoms with Crippen LogP contribution >= 0.6 is 11.3 Å². The van der Waals surface area contributed by atoms with Gasteiger partial charge in [-0.25, -0.2) is 9.79 Å². The van der Waals surface area contributed by atoms with Crippen LogP contribution in [-0.4, -0.2) is 32.7 Å². The van der Waals surface area contributed by atoms with Crippen molar-refractivity contribution in [2.75, 3.05) is 11.9 Å². The molecule has 9 nitrogen and oxygen atoms in total. The highest BCUT2D eigenvalue weighted by atomic mass is 32.1. The number of ether oxygens (including phenoxy) is 1. The Morgan fingerprint density at radius 1 is 1.00 bits per heavy atom. The van der Waals surface area contributed by atoms with E-state index in [1.165, 1.54) is 11.3 Å². The van der Waals surface area contributed by atoms with Crippen LogP contribution in [0, 0.1) is 13.8 Å². The maximum atomic E-state index is 14.2. The number of hydrogen-bond donors (Lipinski definition) is 2. The van der Waals surface area contributed by atoms with E-state index in [9.17, 15) is 19.5 Å². The van der Waals surface area contributed by atoms with Crippen molar-refractivity contribution in [2.45, 2.75) is 33.7 Å². The summed E-state index contributed by atoms with van der Waals surface area (Å²) in [5.41, 5.74) is 5.50.